The molecule has 1 aliphatic carbocycles. The predicted molar refractivity (Wildman–Crippen MR) is 106 cm³/mol. The van der Waals surface area contributed by atoms with Gasteiger partial charge in [-0.2, -0.15) is 0 Å². The molecule has 2 aromatic heterocycles. The van der Waals surface area contributed by atoms with Gasteiger partial charge < -0.3 is 10.3 Å². The van der Waals surface area contributed by atoms with Gasteiger partial charge in [-0.1, -0.05) is 0 Å². The van der Waals surface area contributed by atoms with Gasteiger partial charge in [-0.15, -0.1) is 0 Å². The molecule has 1 aliphatic rings. The third kappa shape index (κ3) is 3.70. The summed E-state index contributed by atoms with van der Waals surface area (Å²) in [7, 11) is -3.49. The Morgan fingerprint density at radius 3 is 2.71 bits per heavy atom. The highest BCUT2D eigenvalue weighted by Gasteiger charge is 2.30. The second kappa shape index (κ2) is 6.90. The topological polar surface area (TPSA) is 104 Å². The number of aromatic amines is 1. The van der Waals surface area contributed by atoms with E-state index in [4.69, 9.17) is 0 Å². The van der Waals surface area contributed by atoms with Crippen LogP contribution in [0.15, 0.2) is 36.5 Å². The number of sulfonamides is 1. The molecule has 2 heterocycles. The highest BCUT2D eigenvalue weighted by molar-refractivity contribution is 7.92. The number of aromatic nitrogens is 2. The van der Waals surface area contributed by atoms with Crippen molar-refractivity contribution in [3.63, 3.8) is 0 Å². The number of amides is 1. The molecule has 7 nitrogen and oxygen atoms in total. The van der Waals surface area contributed by atoms with Crippen LogP contribution < -0.4 is 10.0 Å². The molecule has 4 rings (SSSR count). The van der Waals surface area contributed by atoms with E-state index in [0.29, 0.717) is 22.4 Å². The fraction of sp³-hybridized carbons (Fsp3) is 0.263. The quantitative estimate of drug-likeness (QED) is 0.587. The Labute approximate surface area is 161 Å². The lowest BCUT2D eigenvalue weighted by Crippen LogP contribution is -2.15. The lowest BCUT2D eigenvalue weighted by Gasteiger charge is -2.11. The molecular weight excluding hydrogens is 383 g/mol. The molecule has 0 radical (unpaired) electrons. The normalized spacial score (nSPS) is 14.2. The summed E-state index contributed by atoms with van der Waals surface area (Å²) in [6, 6.07) is 7.57. The summed E-state index contributed by atoms with van der Waals surface area (Å²) in [5, 5.41) is 3.48. The number of rotatable bonds is 6. The number of carbonyl (C=O) groups excluding carboxylic acids is 1. The number of H-pyrrole nitrogens is 1. The van der Waals surface area contributed by atoms with Crippen LogP contribution in [0.25, 0.3) is 22.2 Å². The van der Waals surface area contributed by atoms with Gasteiger partial charge in [-0.25, -0.2) is 17.8 Å². The minimum absolute atomic E-state index is 0.0206. The van der Waals surface area contributed by atoms with Gasteiger partial charge in [0, 0.05) is 23.1 Å². The second-order valence-corrected chi connectivity index (χ2v) is 8.77. The summed E-state index contributed by atoms with van der Waals surface area (Å²) in [4.78, 5) is 19.4. The monoisotopic (exact) mass is 402 g/mol. The maximum Gasteiger partial charge on any atom is 0.232 e. The van der Waals surface area contributed by atoms with Crippen LogP contribution in [-0.2, 0) is 14.8 Å². The summed E-state index contributed by atoms with van der Waals surface area (Å²) in [6.45, 7) is 1.50. The summed E-state index contributed by atoms with van der Waals surface area (Å²) < 4.78 is 40.6. The minimum Gasteiger partial charge on any atom is -0.346 e. The maximum atomic E-state index is 14.8. The van der Waals surface area contributed by atoms with Crippen LogP contribution in [0.4, 0.5) is 15.9 Å². The molecule has 146 valence electrons. The van der Waals surface area contributed by atoms with Crippen molar-refractivity contribution in [3.8, 4) is 11.1 Å². The third-order valence-corrected chi connectivity index (χ3v) is 5.95. The standard InChI is InChI=1S/C19H19FN4O3S/c1-2-28(26,27)24-12-5-6-13(16(20)9-12)15-10-17(23-19(25)11-3-4-11)22-18-14(15)7-8-21-18/h5-11,24H,2-4H2,1H3,(H2,21,22,23,25). The Hall–Kier alpha value is -2.94. The summed E-state index contributed by atoms with van der Waals surface area (Å²) in [6.07, 6.45) is 3.43. The fourth-order valence-corrected chi connectivity index (χ4v) is 3.58. The van der Waals surface area contributed by atoms with E-state index in [-0.39, 0.29) is 28.8 Å². The van der Waals surface area contributed by atoms with E-state index < -0.39 is 15.8 Å². The largest absolute Gasteiger partial charge is 0.346 e. The Morgan fingerprint density at radius 1 is 1.25 bits per heavy atom. The van der Waals surface area contributed by atoms with Crippen LogP contribution in [0.3, 0.4) is 0 Å². The highest BCUT2D eigenvalue weighted by Crippen LogP contribution is 2.34. The zero-order chi connectivity index (χ0) is 19.9. The molecule has 1 fully saturated rings. The number of anilines is 2. The maximum absolute atomic E-state index is 14.8. The molecule has 0 saturated heterocycles. The van der Waals surface area contributed by atoms with Gasteiger partial charge in [0.15, 0.2) is 0 Å². The van der Waals surface area contributed by atoms with Crippen molar-refractivity contribution in [3.05, 3.63) is 42.3 Å². The fourth-order valence-electron chi connectivity index (χ4n) is 2.95. The zero-order valence-corrected chi connectivity index (χ0v) is 15.9. The summed E-state index contributed by atoms with van der Waals surface area (Å²) in [5.41, 5.74) is 1.52. The van der Waals surface area contributed by atoms with Crippen LogP contribution in [0, 0.1) is 11.7 Å². The van der Waals surface area contributed by atoms with E-state index in [0.717, 1.165) is 18.9 Å². The Kier molecular flexibility index (Phi) is 4.54. The van der Waals surface area contributed by atoms with Gasteiger partial charge in [0.1, 0.15) is 17.3 Å². The van der Waals surface area contributed by atoms with Crippen LogP contribution in [0.1, 0.15) is 19.8 Å². The van der Waals surface area contributed by atoms with Crippen molar-refractivity contribution >= 4 is 38.5 Å². The van der Waals surface area contributed by atoms with Gasteiger partial charge in [0.05, 0.1) is 11.4 Å². The summed E-state index contributed by atoms with van der Waals surface area (Å²) in [5.74, 6) is -0.405. The highest BCUT2D eigenvalue weighted by atomic mass is 32.2. The van der Waals surface area contributed by atoms with E-state index >= 15 is 0 Å². The molecular formula is C19H19FN4O3S. The number of hydrogen-bond donors (Lipinski definition) is 3. The van der Waals surface area contributed by atoms with Crippen LogP contribution >= 0.6 is 0 Å². The number of nitrogens with zero attached hydrogens (tertiary/aromatic N) is 1. The first kappa shape index (κ1) is 18.4. The van der Waals surface area contributed by atoms with Gasteiger partial charge in [0.25, 0.3) is 0 Å². The molecule has 3 N–H and O–H groups in total. The van der Waals surface area contributed by atoms with Crippen LogP contribution in [0.5, 0.6) is 0 Å². The van der Waals surface area contributed by atoms with E-state index in [1.165, 1.54) is 19.1 Å². The van der Waals surface area contributed by atoms with E-state index in [2.05, 4.69) is 20.0 Å². The molecule has 0 unspecified atom stereocenters. The second-order valence-electron chi connectivity index (χ2n) is 6.76. The van der Waals surface area contributed by atoms with Gasteiger partial charge in [-0.3, -0.25) is 9.52 Å². The Bertz CT molecular complexity index is 1170. The smallest absolute Gasteiger partial charge is 0.232 e. The van der Waals surface area contributed by atoms with Gasteiger partial charge >= 0.3 is 0 Å². The molecule has 1 saturated carbocycles. The molecule has 3 aromatic rings. The van der Waals surface area contributed by atoms with Crippen molar-refractivity contribution in [1.82, 2.24) is 9.97 Å². The van der Waals surface area contributed by atoms with Crippen molar-refractivity contribution in [1.29, 1.82) is 0 Å². The molecule has 0 bridgehead atoms. The number of nitrogens with one attached hydrogen (secondary N) is 3. The lowest BCUT2D eigenvalue weighted by atomic mass is 10.0. The summed E-state index contributed by atoms with van der Waals surface area (Å²) >= 11 is 0. The first-order valence-electron chi connectivity index (χ1n) is 8.95. The number of fused-ring (bicyclic) bond motifs is 1. The molecule has 0 atom stereocenters. The average Bonchev–Trinajstić information content (AvgIpc) is 3.39. The molecule has 9 heteroatoms. The molecule has 0 aliphatic heterocycles. The van der Waals surface area contributed by atoms with Gasteiger partial charge in [0.2, 0.25) is 15.9 Å². The van der Waals surface area contributed by atoms with Crippen molar-refractivity contribution in [2.75, 3.05) is 15.8 Å². The molecule has 0 spiro atoms. The SMILES string of the molecule is CCS(=O)(=O)Nc1ccc(-c2cc(NC(=O)C3CC3)nc3[nH]ccc23)c(F)c1. The van der Waals surface area contributed by atoms with Crippen LogP contribution in [-0.4, -0.2) is 30.0 Å². The van der Waals surface area contributed by atoms with E-state index in [9.17, 15) is 17.6 Å². The number of benzene rings is 1. The number of halogens is 1. The first-order valence-corrected chi connectivity index (χ1v) is 10.6. The van der Waals surface area contributed by atoms with Crippen LogP contribution in [0.2, 0.25) is 0 Å². The Balaban J connectivity index is 1.73. The first-order chi connectivity index (χ1) is 13.4. The van der Waals surface area contributed by atoms with Gasteiger partial charge in [-0.05, 0) is 55.7 Å². The Morgan fingerprint density at radius 2 is 2.04 bits per heavy atom. The van der Waals surface area contributed by atoms with Crippen molar-refractivity contribution < 1.29 is 17.6 Å². The van der Waals surface area contributed by atoms with Crippen molar-refractivity contribution in [2.24, 2.45) is 5.92 Å². The number of hydrogen-bond acceptors (Lipinski definition) is 4. The molecule has 1 aromatic carbocycles. The zero-order valence-electron chi connectivity index (χ0n) is 15.1. The minimum atomic E-state index is -3.49. The number of carbonyl (C=O) groups is 1. The third-order valence-electron chi connectivity index (χ3n) is 4.64. The lowest BCUT2D eigenvalue weighted by molar-refractivity contribution is -0.117. The van der Waals surface area contributed by atoms with E-state index in [1.54, 1.807) is 18.3 Å². The average molecular weight is 402 g/mol. The molecule has 28 heavy (non-hydrogen) atoms. The number of pyridine rings is 1. The van der Waals surface area contributed by atoms with E-state index in [1.807, 2.05) is 0 Å². The molecule has 1 amide bonds. The van der Waals surface area contributed by atoms with Crippen molar-refractivity contribution in [2.45, 2.75) is 19.8 Å². The predicted octanol–water partition coefficient (Wildman–Crippen LogP) is 3.48.